The highest BCUT2D eigenvalue weighted by molar-refractivity contribution is 6.37. The average molecular weight is 313 g/mol. The summed E-state index contributed by atoms with van der Waals surface area (Å²) in [5, 5.41) is 3.83. The lowest BCUT2D eigenvalue weighted by Gasteiger charge is -2.18. The second-order valence-electron chi connectivity index (χ2n) is 5.21. The van der Waals surface area contributed by atoms with Crippen LogP contribution in [0.5, 0.6) is 0 Å². The minimum Gasteiger partial charge on any atom is -0.353 e. The second kappa shape index (κ2) is 5.26. The number of anilines is 1. The Morgan fingerprint density at radius 3 is 2.65 bits per heavy atom. The van der Waals surface area contributed by atoms with Crippen LogP contribution < -0.4 is 10.2 Å². The van der Waals surface area contributed by atoms with Crippen LogP contribution >= 0.6 is 23.2 Å². The topological polar surface area (TPSA) is 49.4 Å². The highest BCUT2D eigenvalue weighted by atomic mass is 35.5. The molecule has 4 nitrogen and oxygen atoms in total. The number of nitrogens with one attached hydrogen (secondary N) is 1. The second-order valence-corrected chi connectivity index (χ2v) is 6.05. The van der Waals surface area contributed by atoms with Crippen LogP contribution in [0, 0.1) is 5.92 Å². The van der Waals surface area contributed by atoms with Crippen molar-refractivity contribution in [3.63, 3.8) is 0 Å². The third-order valence-electron chi connectivity index (χ3n) is 3.65. The van der Waals surface area contributed by atoms with E-state index in [0.717, 1.165) is 12.8 Å². The monoisotopic (exact) mass is 312 g/mol. The zero-order valence-electron chi connectivity index (χ0n) is 10.7. The van der Waals surface area contributed by atoms with Gasteiger partial charge in [0.1, 0.15) is 5.92 Å². The smallest absolute Gasteiger partial charge is 0.239 e. The van der Waals surface area contributed by atoms with Gasteiger partial charge >= 0.3 is 0 Å². The third-order valence-corrected chi connectivity index (χ3v) is 4.18. The van der Waals surface area contributed by atoms with Crippen molar-refractivity contribution in [1.82, 2.24) is 5.32 Å². The summed E-state index contributed by atoms with van der Waals surface area (Å²) >= 11 is 12.0. The van der Waals surface area contributed by atoms with E-state index >= 15 is 0 Å². The van der Waals surface area contributed by atoms with E-state index in [0.29, 0.717) is 28.7 Å². The Morgan fingerprint density at radius 2 is 2.00 bits per heavy atom. The van der Waals surface area contributed by atoms with Gasteiger partial charge in [0.05, 0.1) is 10.7 Å². The Labute approximate surface area is 127 Å². The minimum absolute atomic E-state index is 0.162. The highest BCUT2D eigenvalue weighted by Crippen LogP contribution is 2.33. The molecule has 6 heteroatoms. The summed E-state index contributed by atoms with van der Waals surface area (Å²) < 4.78 is 0. The van der Waals surface area contributed by atoms with E-state index in [1.54, 1.807) is 23.1 Å². The number of halogens is 2. The number of hydrogen-bond donors (Lipinski definition) is 1. The summed E-state index contributed by atoms with van der Waals surface area (Å²) in [5.74, 6) is -0.945. The molecule has 106 valence electrons. The zero-order chi connectivity index (χ0) is 14.3. The first-order valence-corrected chi connectivity index (χ1v) is 7.38. The molecule has 1 N–H and O–H groups in total. The normalized spacial score (nSPS) is 22.2. The lowest BCUT2D eigenvalue weighted by atomic mass is 10.1. The molecule has 0 bridgehead atoms. The van der Waals surface area contributed by atoms with Crippen LogP contribution in [0.2, 0.25) is 10.0 Å². The molecule has 20 heavy (non-hydrogen) atoms. The predicted molar refractivity (Wildman–Crippen MR) is 78.1 cm³/mol. The molecule has 0 radical (unpaired) electrons. The number of carbonyl (C=O) groups excluding carboxylic acids is 2. The molecule has 1 saturated carbocycles. The lowest BCUT2D eigenvalue weighted by molar-refractivity contribution is -0.132. The van der Waals surface area contributed by atoms with Crippen molar-refractivity contribution in [2.75, 3.05) is 11.4 Å². The van der Waals surface area contributed by atoms with Gasteiger partial charge in [0.25, 0.3) is 0 Å². The van der Waals surface area contributed by atoms with E-state index in [4.69, 9.17) is 23.2 Å². The quantitative estimate of drug-likeness (QED) is 0.872. The number of nitrogens with zero attached hydrogens (tertiary/aromatic N) is 1. The summed E-state index contributed by atoms with van der Waals surface area (Å²) in [6, 6.07) is 5.27. The molecule has 1 aromatic carbocycles. The molecule has 1 aromatic rings. The number of hydrogen-bond acceptors (Lipinski definition) is 2. The summed E-state index contributed by atoms with van der Waals surface area (Å²) in [4.78, 5) is 25.9. The maximum absolute atomic E-state index is 12.4. The van der Waals surface area contributed by atoms with Gasteiger partial charge in [-0.2, -0.15) is 0 Å². The SMILES string of the molecule is O=C(NC1CC1)[C@@H]1CCN(c2ccc(Cl)cc2Cl)C1=O. The van der Waals surface area contributed by atoms with Gasteiger partial charge in [-0.3, -0.25) is 9.59 Å². The van der Waals surface area contributed by atoms with Gasteiger partial charge in [0.2, 0.25) is 11.8 Å². The Hall–Kier alpha value is -1.26. The molecular weight excluding hydrogens is 299 g/mol. The fourth-order valence-corrected chi connectivity index (χ4v) is 2.90. The summed E-state index contributed by atoms with van der Waals surface area (Å²) in [7, 11) is 0. The van der Waals surface area contributed by atoms with E-state index in [1.807, 2.05) is 0 Å². The van der Waals surface area contributed by atoms with Crippen molar-refractivity contribution in [3.8, 4) is 0 Å². The summed E-state index contributed by atoms with van der Waals surface area (Å²) in [6.07, 6.45) is 2.55. The van der Waals surface area contributed by atoms with Crippen molar-refractivity contribution in [3.05, 3.63) is 28.2 Å². The zero-order valence-corrected chi connectivity index (χ0v) is 12.2. The highest BCUT2D eigenvalue weighted by Gasteiger charge is 2.39. The molecule has 1 saturated heterocycles. The van der Waals surface area contributed by atoms with E-state index in [1.165, 1.54) is 0 Å². The molecule has 1 aliphatic carbocycles. The molecular formula is C14H14Cl2N2O2. The van der Waals surface area contributed by atoms with Gasteiger partial charge in [0, 0.05) is 17.6 Å². The molecule has 1 heterocycles. The Balaban J connectivity index is 1.75. The van der Waals surface area contributed by atoms with Crippen LogP contribution in [-0.4, -0.2) is 24.4 Å². The molecule has 2 amide bonds. The van der Waals surface area contributed by atoms with Crippen molar-refractivity contribution >= 4 is 40.7 Å². The molecule has 2 aliphatic rings. The van der Waals surface area contributed by atoms with Gasteiger partial charge in [-0.05, 0) is 37.5 Å². The maximum Gasteiger partial charge on any atom is 0.239 e. The van der Waals surface area contributed by atoms with Crippen LogP contribution in [-0.2, 0) is 9.59 Å². The maximum atomic E-state index is 12.4. The largest absolute Gasteiger partial charge is 0.353 e. The van der Waals surface area contributed by atoms with Crippen molar-refractivity contribution in [2.45, 2.75) is 25.3 Å². The van der Waals surface area contributed by atoms with Gasteiger partial charge < -0.3 is 10.2 Å². The molecule has 0 aromatic heterocycles. The Bertz CT molecular complexity index is 572. The molecule has 1 aliphatic heterocycles. The van der Waals surface area contributed by atoms with E-state index in [-0.39, 0.29) is 17.9 Å². The first-order chi connectivity index (χ1) is 9.56. The molecule has 3 rings (SSSR count). The van der Waals surface area contributed by atoms with Gasteiger partial charge in [-0.1, -0.05) is 23.2 Å². The van der Waals surface area contributed by atoms with Crippen molar-refractivity contribution in [2.24, 2.45) is 5.92 Å². The first-order valence-electron chi connectivity index (χ1n) is 6.63. The predicted octanol–water partition coefficient (Wildman–Crippen LogP) is 2.62. The summed E-state index contributed by atoms with van der Waals surface area (Å²) in [5.41, 5.74) is 0.614. The van der Waals surface area contributed by atoms with Gasteiger partial charge in [-0.15, -0.1) is 0 Å². The molecule has 2 fully saturated rings. The van der Waals surface area contributed by atoms with Crippen molar-refractivity contribution in [1.29, 1.82) is 0 Å². The Morgan fingerprint density at radius 1 is 1.25 bits per heavy atom. The van der Waals surface area contributed by atoms with Crippen LogP contribution in [0.4, 0.5) is 5.69 Å². The first kappa shape index (κ1) is 13.7. The van der Waals surface area contributed by atoms with Crippen LogP contribution in [0.15, 0.2) is 18.2 Å². The minimum atomic E-state index is -0.595. The summed E-state index contributed by atoms with van der Waals surface area (Å²) in [6.45, 7) is 0.503. The van der Waals surface area contributed by atoms with Gasteiger partial charge in [0.15, 0.2) is 0 Å². The molecule has 0 spiro atoms. The number of carbonyl (C=O) groups is 2. The van der Waals surface area contributed by atoms with E-state index in [2.05, 4.69) is 5.32 Å². The third kappa shape index (κ3) is 2.63. The van der Waals surface area contributed by atoms with E-state index in [9.17, 15) is 9.59 Å². The number of benzene rings is 1. The lowest BCUT2D eigenvalue weighted by Crippen LogP contribution is -2.37. The molecule has 1 atom stereocenters. The fraction of sp³-hybridized carbons (Fsp3) is 0.429. The van der Waals surface area contributed by atoms with Crippen LogP contribution in [0.1, 0.15) is 19.3 Å². The number of amides is 2. The van der Waals surface area contributed by atoms with E-state index < -0.39 is 5.92 Å². The number of rotatable bonds is 3. The standard InChI is InChI=1S/C14H14Cl2N2O2/c15-8-1-4-12(11(16)7-8)18-6-5-10(14(18)20)13(19)17-9-2-3-9/h1,4,7,9-10H,2-3,5-6H2,(H,17,19)/t10-/m0/s1. The average Bonchev–Trinajstić information content (AvgIpc) is 3.12. The van der Waals surface area contributed by atoms with Crippen LogP contribution in [0.3, 0.4) is 0 Å². The fourth-order valence-electron chi connectivity index (χ4n) is 2.39. The molecule has 0 unspecified atom stereocenters. The van der Waals surface area contributed by atoms with Gasteiger partial charge in [-0.25, -0.2) is 0 Å². The Kier molecular flexibility index (Phi) is 3.61. The van der Waals surface area contributed by atoms with Crippen molar-refractivity contribution < 1.29 is 9.59 Å². The van der Waals surface area contributed by atoms with Crippen LogP contribution in [0.25, 0.3) is 0 Å².